The van der Waals surface area contributed by atoms with E-state index in [1.165, 1.54) is 18.5 Å². The van der Waals surface area contributed by atoms with Gasteiger partial charge < -0.3 is 8.83 Å². The van der Waals surface area contributed by atoms with Crippen molar-refractivity contribution in [1.29, 1.82) is 0 Å². The first-order valence-electron chi connectivity index (χ1n) is 6.23. The third kappa shape index (κ3) is 1.69. The molecule has 0 aliphatic rings. The zero-order valence-corrected chi connectivity index (χ0v) is 10.6. The predicted octanol–water partition coefficient (Wildman–Crippen LogP) is 2.42. The second-order valence-electron chi connectivity index (χ2n) is 4.50. The average molecular weight is 280 g/mol. The van der Waals surface area contributed by atoms with Gasteiger partial charge in [0.1, 0.15) is 16.5 Å². The van der Waals surface area contributed by atoms with Gasteiger partial charge in [-0.15, -0.1) is 0 Å². The Kier molecular flexibility index (Phi) is 2.32. The summed E-state index contributed by atoms with van der Waals surface area (Å²) in [6.07, 6.45) is 2.76. The Morgan fingerprint density at radius 3 is 2.76 bits per heavy atom. The zero-order chi connectivity index (χ0) is 14.4. The van der Waals surface area contributed by atoms with Crippen molar-refractivity contribution in [2.45, 2.75) is 0 Å². The highest BCUT2D eigenvalue weighted by molar-refractivity contribution is 6.03. The number of furan rings is 1. The van der Waals surface area contributed by atoms with Crippen LogP contribution in [-0.4, -0.2) is 15.7 Å². The van der Waals surface area contributed by atoms with Crippen molar-refractivity contribution < 1.29 is 13.6 Å². The van der Waals surface area contributed by atoms with Crippen LogP contribution in [0.25, 0.3) is 21.9 Å². The van der Waals surface area contributed by atoms with Crippen LogP contribution in [0.3, 0.4) is 0 Å². The molecule has 4 rings (SSSR count). The number of para-hydroxylation sites is 1. The van der Waals surface area contributed by atoms with Crippen LogP contribution in [-0.2, 0) is 0 Å². The summed E-state index contributed by atoms with van der Waals surface area (Å²) in [5.41, 5.74) is 0.342. The molecule has 21 heavy (non-hydrogen) atoms. The fourth-order valence-corrected chi connectivity index (χ4v) is 2.25. The average Bonchev–Trinajstić information content (AvgIpc) is 3.17. The first-order chi connectivity index (χ1) is 10.2. The maximum atomic E-state index is 12.2. The summed E-state index contributed by atoms with van der Waals surface area (Å²) in [4.78, 5) is 24.2. The van der Waals surface area contributed by atoms with Crippen LogP contribution < -0.4 is 5.63 Å². The van der Waals surface area contributed by atoms with Gasteiger partial charge in [0.25, 0.3) is 0 Å². The molecule has 0 N–H and O–H groups in total. The van der Waals surface area contributed by atoms with Gasteiger partial charge in [0.15, 0.2) is 5.76 Å². The summed E-state index contributed by atoms with van der Waals surface area (Å²) in [5.74, 6) is -0.295. The molecule has 0 aliphatic carbocycles. The molecule has 0 amide bonds. The van der Waals surface area contributed by atoms with E-state index in [0.29, 0.717) is 16.5 Å². The number of aromatic nitrogens is 2. The first kappa shape index (κ1) is 11.7. The molecule has 0 spiro atoms. The molecular formula is C15H8N2O4. The third-order valence-corrected chi connectivity index (χ3v) is 3.22. The number of fused-ring (bicyclic) bond motifs is 3. The number of rotatable bonds is 1. The van der Waals surface area contributed by atoms with Gasteiger partial charge in [-0.1, -0.05) is 12.1 Å². The largest absolute Gasteiger partial charge is 0.459 e. The van der Waals surface area contributed by atoms with E-state index in [-0.39, 0.29) is 11.1 Å². The molecule has 4 aromatic rings. The smallest absolute Gasteiger partial charge is 0.347 e. The predicted molar refractivity (Wildman–Crippen MR) is 74.2 cm³/mol. The molecule has 3 aromatic heterocycles. The molecule has 6 heteroatoms. The Morgan fingerprint density at radius 1 is 1.10 bits per heavy atom. The molecule has 0 aliphatic heterocycles. The zero-order valence-electron chi connectivity index (χ0n) is 10.6. The van der Waals surface area contributed by atoms with Crippen molar-refractivity contribution in [3.63, 3.8) is 0 Å². The second-order valence-corrected chi connectivity index (χ2v) is 4.50. The fraction of sp³-hybridized carbons (Fsp3) is 0. The lowest BCUT2D eigenvalue weighted by Crippen LogP contribution is -2.11. The molecule has 6 nitrogen and oxygen atoms in total. The third-order valence-electron chi connectivity index (χ3n) is 3.22. The van der Waals surface area contributed by atoms with Gasteiger partial charge in [0, 0.05) is 11.6 Å². The van der Waals surface area contributed by atoms with Crippen LogP contribution >= 0.6 is 0 Å². The summed E-state index contributed by atoms with van der Waals surface area (Å²) < 4.78 is 11.4. The molecule has 102 valence electrons. The quantitative estimate of drug-likeness (QED) is 0.500. The van der Waals surface area contributed by atoms with Crippen LogP contribution in [0.15, 0.2) is 62.5 Å². The summed E-state index contributed by atoms with van der Waals surface area (Å²) in [6.45, 7) is 0. The maximum Gasteiger partial charge on any atom is 0.347 e. The van der Waals surface area contributed by atoms with E-state index in [4.69, 9.17) is 8.83 Å². The minimum absolute atomic E-state index is 0.150. The molecular weight excluding hydrogens is 272 g/mol. The van der Waals surface area contributed by atoms with Gasteiger partial charge in [-0.25, -0.2) is 4.79 Å². The number of benzene rings is 1. The number of hydrogen-bond acceptors (Lipinski definition) is 5. The lowest BCUT2D eigenvalue weighted by molar-refractivity contribution is 0.0918. The van der Waals surface area contributed by atoms with Crippen LogP contribution in [0.1, 0.15) is 10.6 Å². The minimum atomic E-state index is -0.526. The standard InChI is InChI=1S/C15H8N2O4/c18-14(12-6-3-7-20-12)17-8-10-13(16-17)9-4-1-2-5-11(9)21-15(10)19/h1-8H. The van der Waals surface area contributed by atoms with Gasteiger partial charge in [0.2, 0.25) is 0 Å². The van der Waals surface area contributed by atoms with E-state index < -0.39 is 11.5 Å². The SMILES string of the molecule is O=C(c1ccco1)n1cc2c(=O)oc3ccccc3c2n1. The van der Waals surface area contributed by atoms with Crippen molar-refractivity contribution in [1.82, 2.24) is 9.78 Å². The van der Waals surface area contributed by atoms with E-state index >= 15 is 0 Å². The summed E-state index contributed by atoms with van der Waals surface area (Å²) in [7, 11) is 0. The van der Waals surface area contributed by atoms with Gasteiger partial charge in [-0.05, 0) is 24.3 Å². The van der Waals surface area contributed by atoms with Gasteiger partial charge >= 0.3 is 11.5 Å². The number of carbonyl (C=O) groups is 1. The van der Waals surface area contributed by atoms with Crippen molar-refractivity contribution in [3.8, 4) is 0 Å². The summed E-state index contributed by atoms with van der Waals surface area (Å²) in [6, 6.07) is 10.2. The number of carbonyl (C=O) groups excluding carboxylic acids is 1. The second kappa shape index (κ2) is 4.17. The summed E-state index contributed by atoms with van der Waals surface area (Å²) >= 11 is 0. The highest BCUT2D eigenvalue weighted by atomic mass is 16.4. The normalized spacial score (nSPS) is 11.2. The van der Waals surface area contributed by atoms with Gasteiger partial charge in [-0.2, -0.15) is 9.78 Å². The topological polar surface area (TPSA) is 78.2 Å². The molecule has 0 fully saturated rings. The highest BCUT2D eigenvalue weighted by Crippen LogP contribution is 2.21. The molecule has 0 saturated carbocycles. The maximum absolute atomic E-state index is 12.2. The molecule has 0 radical (unpaired) electrons. The molecule has 0 unspecified atom stereocenters. The molecule has 0 saturated heterocycles. The summed E-state index contributed by atoms with van der Waals surface area (Å²) in [5, 5.41) is 5.14. The lowest BCUT2D eigenvalue weighted by atomic mass is 10.2. The van der Waals surface area contributed by atoms with E-state index in [2.05, 4.69) is 5.10 Å². The Balaban J connectivity index is 2.02. The van der Waals surface area contributed by atoms with E-state index in [0.717, 1.165) is 4.68 Å². The van der Waals surface area contributed by atoms with Crippen molar-refractivity contribution >= 4 is 27.8 Å². The highest BCUT2D eigenvalue weighted by Gasteiger charge is 2.17. The molecule has 0 atom stereocenters. The van der Waals surface area contributed by atoms with Gasteiger partial charge in [-0.3, -0.25) is 4.79 Å². The first-order valence-corrected chi connectivity index (χ1v) is 6.23. The van der Waals surface area contributed by atoms with E-state index in [1.54, 1.807) is 24.3 Å². The van der Waals surface area contributed by atoms with Crippen LogP contribution in [0.2, 0.25) is 0 Å². The number of hydrogen-bond donors (Lipinski definition) is 0. The van der Waals surface area contributed by atoms with Crippen molar-refractivity contribution in [2.24, 2.45) is 0 Å². The van der Waals surface area contributed by atoms with E-state index in [1.807, 2.05) is 6.07 Å². The fourth-order valence-electron chi connectivity index (χ4n) is 2.25. The number of nitrogens with zero attached hydrogens (tertiary/aromatic N) is 2. The van der Waals surface area contributed by atoms with Crippen LogP contribution in [0, 0.1) is 0 Å². The molecule has 3 heterocycles. The minimum Gasteiger partial charge on any atom is -0.459 e. The Labute approximate surface area is 117 Å². The lowest BCUT2D eigenvalue weighted by Gasteiger charge is -1.96. The Bertz CT molecular complexity index is 1020. The molecule has 0 bridgehead atoms. The Morgan fingerprint density at radius 2 is 1.95 bits per heavy atom. The van der Waals surface area contributed by atoms with Crippen molar-refractivity contribution in [2.75, 3.05) is 0 Å². The molecule has 1 aromatic carbocycles. The Hall–Kier alpha value is -3.15. The monoisotopic (exact) mass is 280 g/mol. The van der Waals surface area contributed by atoms with Crippen LogP contribution in [0.5, 0.6) is 0 Å². The van der Waals surface area contributed by atoms with Crippen LogP contribution in [0.4, 0.5) is 0 Å². The van der Waals surface area contributed by atoms with Gasteiger partial charge in [0.05, 0.1) is 6.26 Å². The van der Waals surface area contributed by atoms with Crippen molar-refractivity contribution in [3.05, 3.63) is 65.0 Å². The van der Waals surface area contributed by atoms with E-state index in [9.17, 15) is 9.59 Å².